The van der Waals surface area contributed by atoms with Gasteiger partial charge in [-0.3, -0.25) is 0 Å². The summed E-state index contributed by atoms with van der Waals surface area (Å²) in [5, 5.41) is 1.21. The van der Waals surface area contributed by atoms with E-state index < -0.39 is 0 Å². The highest BCUT2D eigenvalue weighted by Crippen LogP contribution is 2.22. The Morgan fingerprint density at radius 3 is 1.96 bits per heavy atom. The number of rotatable bonds is 9. The maximum absolute atomic E-state index is 6.06. The van der Waals surface area contributed by atoms with E-state index in [0.29, 0.717) is 0 Å². The minimum absolute atomic E-state index is 0. The molecular formula is C20H34I2N2O. The van der Waals surface area contributed by atoms with E-state index >= 15 is 0 Å². The Bertz CT molecular complexity index is 584. The van der Waals surface area contributed by atoms with Crippen molar-refractivity contribution >= 4 is 11.0 Å². The summed E-state index contributed by atoms with van der Waals surface area (Å²) in [4.78, 5) is 0. The van der Waals surface area contributed by atoms with E-state index in [0.717, 1.165) is 28.9 Å². The topological polar surface area (TPSA) is 13.1 Å². The fourth-order valence-electron chi connectivity index (χ4n) is 3.44. The molecule has 144 valence electrons. The van der Waals surface area contributed by atoms with Gasteiger partial charge in [-0.05, 0) is 39.8 Å². The number of halogens is 2. The van der Waals surface area contributed by atoms with Crippen molar-refractivity contribution in [1.82, 2.24) is 0 Å². The van der Waals surface area contributed by atoms with Crippen molar-refractivity contribution in [1.29, 1.82) is 0 Å². The molecule has 0 saturated heterocycles. The number of fused-ring (bicyclic) bond motifs is 1. The molecule has 0 fully saturated rings. The van der Waals surface area contributed by atoms with Gasteiger partial charge < -0.3 is 61.3 Å². The van der Waals surface area contributed by atoms with Crippen LogP contribution in [0, 0.1) is 0 Å². The first kappa shape index (κ1) is 25.1. The first-order valence-electron chi connectivity index (χ1n) is 9.16. The lowest BCUT2D eigenvalue weighted by Crippen LogP contribution is -3.00. The van der Waals surface area contributed by atoms with Crippen LogP contribution in [0.3, 0.4) is 0 Å². The Labute approximate surface area is 188 Å². The molecule has 1 heterocycles. The minimum Gasteiger partial charge on any atom is -1.00 e. The molecule has 0 N–H and O–H groups in total. The maximum atomic E-state index is 6.06. The fourth-order valence-corrected chi connectivity index (χ4v) is 3.44. The zero-order chi connectivity index (χ0) is 16.9. The molecule has 1 unspecified atom stereocenters. The van der Waals surface area contributed by atoms with E-state index in [1.807, 2.05) is 6.07 Å². The van der Waals surface area contributed by atoms with Crippen molar-refractivity contribution in [3.05, 3.63) is 36.1 Å². The third-order valence-electron chi connectivity index (χ3n) is 5.90. The van der Waals surface area contributed by atoms with E-state index in [1.54, 1.807) is 0 Å². The highest BCUT2D eigenvalue weighted by molar-refractivity contribution is 5.77. The molecule has 3 nitrogen and oxygen atoms in total. The predicted molar refractivity (Wildman–Crippen MR) is 98.3 cm³/mol. The summed E-state index contributed by atoms with van der Waals surface area (Å²) in [7, 11) is 2.36. The molecule has 2 aromatic rings. The Kier molecular flexibility index (Phi) is 11.2. The summed E-state index contributed by atoms with van der Waals surface area (Å²) in [5.74, 6) is 1.11. The van der Waals surface area contributed by atoms with Gasteiger partial charge in [-0.25, -0.2) is 0 Å². The zero-order valence-corrected chi connectivity index (χ0v) is 20.7. The summed E-state index contributed by atoms with van der Waals surface area (Å²) in [6.07, 6.45) is 0. The van der Waals surface area contributed by atoms with Crippen LogP contribution >= 0.6 is 0 Å². The molecular weight excluding hydrogens is 538 g/mol. The largest absolute Gasteiger partial charge is 1.00 e. The lowest BCUT2D eigenvalue weighted by molar-refractivity contribution is -0.976. The van der Waals surface area contributed by atoms with Gasteiger partial charge in [0.15, 0.2) is 5.76 Å². The summed E-state index contributed by atoms with van der Waals surface area (Å²) < 4.78 is 8.31. The highest BCUT2D eigenvalue weighted by atomic mass is 127. The van der Waals surface area contributed by atoms with Gasteiger partial charge >= 0.3 is 0 Å². The third kappa shape index (κ3) is 6.36. The molecule has 0 spiro atoms. The van der Waals surface area contributed by atoms with Crippen molar-refractivity contribution < 1.29 is 61.3 Å². The van der Waals surface area contributed by atoms with Crippen LogP contribution in [-0.2, 0) is 6.54 Å². The number of benzene rings is 1. The number of para-hydroxylation sites is 1. The molecule has 1 aromatic carbocycles. The van der Waals surface area contributed by atoms with Crippen molar-refractivity contribution in [3.63, 3.8) is 0 Å². The van der Waals surface area contributed by atoms with Crippen LogP contribution in [-0.4, -0.2) is 55.3 Å². The average Bonchev–Trinajstić information content (AvgIpc) is 2.98. The number of likely N-dealkylation sites (N-methyl/N-ethyl adjacent to an activating group) is 2. The second-order valence-corrected chi connectivity index (χ2v) is 7.08. The fraction of sp³-hybridized carbons (Fsp3) is 0.600. The summed E-state index contributed by atoms with van der Waals surface area (Å²) in [6, 6.07) is 10.5. The molecule has 0 radical (unpaired) electrons. The van der Waals surface area contributed by atoms with Gasteiger partial charge in [0.05, 0.1) is 33.2 Å². The smallest absolute Gasteiger partial charge is 0.159 e. The lowest BCUT2D eigenvalue weighted by Gasteiger charge is -2.40. The van der Waals surface area contributed by atoms with Gasteiger partial charge in [0, 0.05) is 5.39 Å². The van der Waals surface area contributed by atoms with Gasteiger partial charge in [-0.1, -0.05) is 18.2 Å². The van der Waals surface area contributed by atoms with Gasteiger partial charge in [0.25, 0.3) is 0 Å². The molecule has 0 bridgehead atoms. The van der Waals surface area contributed by atoms with Gasteiger partial charge in [0.1, 0.15) is 25.2 Å². The first-order chi connectivity index (χ1) is 11.0. The lowest BCUT2D eigenvalue weighted by atomic mass is 10.2. The Balaban J connectivity index is 0.00000288. The van der Waals surface area contributed by atoms with E-state index in [9.17, 15) is 0 Å². The molecule has 5 heteroatoms. The molecule has 0 aliphatic rings. The molecule has 0 aliphatic carbocycles. The summed E-state index contributed by atoms with van der Waals surface area (Å²) >= 11 is 0. The second kappa shape index (κ2) is 11.1. The monoisotopic (exact) mass is 572 g/mol. The van der Waals surface area contributed by atoms with Crippen molar-refractivity contribution in [2.45, 2.75) is 34.2 Å². The van der Waals surface area contributed by atoms with Crippen molar-refractivity contribution in [2.75, 3.05) is 46.3 Å². The van der Waals surface area contributed by atoms with E-state index in [1.165, 1.54) is 42.6 Å². The molecule has 1 atom stereocenters. The van der Waals surface area contributed by atoms with Gasteiger partial charge in [-0.15, -0.1) is 0 Å². The minimum atomic E-state index is 0. The van der Waals surface area contributed by atoms with Gasteiger partial charge in [-0.2, -0.15) is 0 Å². The van der Waals surface area contributed by atoms with Crippen LogP contribution in [0.1, 0.15) is 33.5 Å². The second-order valence-electron chi connectivity index (χ2n) is 7.08. The van der Waals surface area contributed by atoms with Crippen molar-refractivity contribution in [3.8, 4) is 0 Å². The maximum Gasteiger partial charge on any atom is 0.159 e. The predicted octanol–water partition coefficient (Wildman–Crippen LogP) is -1.72. The highest BCUT2D eigenvalue weighted by Gasteiger charge is 2.29. The molecule has 0 aliphatic heterocycles. The summed E-state index contributed by atoms with van der Waals surface area (Å²) in [5.41, 5.74) is 1.01. The first-order valence-corrected chi connectivity index (χ1v) is 9.16. The molecule has 0 amide bonds. The van der Waals surface area contributed by atoms with Crippen LogP contribution in [0.5, 0.6) is 0 Å². The van der Waals surface area contributed by atoms with Crippen LogP contribution in [0.2, 0.25) is 0 Å². The third-order valence-corrected chi connectivity index (χ3v) is 5.90. The van der Waals surface area contributed by atoms with E-state index in [4.69, 9.17) is 4.42 Å². The van der Waals surface area contributed by atoms with Crippen LogP contribution in [0.25, 0.3) is 11.0 Å². The van der Waals surface area contributed by atoms with Crippen LogP contribution in [0.15, 0.2) is 34.7 Å². The number of quaternary nitrogens is 2. The standard InChI is InChI=1S/C20H34N2O.2HI/c1-6-21(5,14-15-22(7-2,8-3)9-4)17-19-16-18-12-10-11-13-20(18)23-19;;/h10-13,16H,6-9,14-15,17H2,1-5H3;2*1H/q+2;;/p-2. The SMILES string of the molecule is CC[N+](C)(CC[N+](CC)(CC)CC)Cc1cc2ccccc2o1.[I-].[I-]. The molecule has 1 aromatic heterocycles. The summed E-state index contributed by atoms with van der Waals surface area (Å²) in [6.45, 7) is 17.5. The molecule has 25 heavy (non-hydrogen) atoms. The normalized spacial score (nSPS) is 13.8. The van der Waals surface area contributed by atoms with Crippen molar-refractivity contribution in [2.24, 2.45) is 0 Å². The van der Waals surface area contributed by atoms with Crippen LogP contribution < -0.4 is 48.0 Å². The number of hydrogen-bond acceptors (Lipinski definition) is 1. The number of nitrogens with zero attached hydrogens (tertiary/aromatic N) is 2. The van der Waals surface area contributed by atoms with Gasteiger partial charge in [0.2, 0.25) is 0 Å². The average molecular weight is 572 g/mol. The molecule has 2 rings (SSSR count). The van der Waals surface area contributed by atoms with E-state index in [2.05, 4.69) is 59.0 Å². The Hall–Kier alpha value is 0.140. The Morgan fingerprint density at radius 2 is 1.44 bits per heavy atom. The van der Waals surface area contributed by atoms with Crippen LogP contribution in [0.4, 0.5) is 0 Å². The number of hydrogen-bond donors (Lipinski definition) is 0. The van der Waals surface area contributed by atoms with E-state index in [-0.39, 0.29) is 48.0 Å². The Morgan fingerprint density at radius 1 is 0.840 bits per heavy atom. The molecule has 0 saturated carbocycles. The zero-order valence-electron chi connectivity index (χ0n) is 16.4. The quantitative estimate of drug-likeness (QED) is 0.258. The number of furan rings is 1.